The van der Waals surface area contributed by atoms with Crippen LogP contribution < -0.4 is 15.3 Å². The van der Waals surface area contributed by atoms with Crippen molar-refractivity contribution in [3.8, 4) is 5.75 Å². The number of imidazole rings is 1. The van der Waals surface area contributed by atoms with Crippen molar-refractivity contribution in [3.05, 3.63) is 77.8 Å². The Balaban J connectivity index is 1.52. The van der Waals surface area contributed by atoms with Crippen LogP contribution in [0, 0.1) is 0 Å². The molecule has 0 saturated carbocycles. The monoisotopic (exact) mass is 558 g/mol. The first-order chi connectivity index (χ1) is 18.3. The number of methoxy groups -OCH3 is 1. The average molecular weight is 559 g/mol. The standard InChI is InChI=1S/C25H28ClN6O5P/c1-17(13-32-15-30-22-23(27)28-14-29-24(22)32)36-16-38(34,37-20-10-8-19(26)9-11-20)31-21(25(33)35-2)12-18-6-4-3-5-7-18/h3-11,14-15,17,21H,12-13,16H2,1-2H3,(H,31,34)(H2,27,28,29)/t17-,21+,38?/m1/s1. The van der Waals surface area contributed by atoms with E-state index in [4.69, 9.17) is 31.3 Å². The van der Waals surface area contributed by atoms with E-state index >= 15 is 0 Å². The van der Waals surface area contributed by atoms with Gasteiger partial charge in [-0.25, -0.2) is 20.0 Å². The zero-order chi connectivity index (χ0) is 27.1. The molecule has 2 aromatic heterocycles. The van der Waals surface area contributed by atoms with E-state index in [9.17, 15) is 9.36 Å². The van der Waals surface area contributed by atoms with Gasteiger partial charge in [-0.2, -0.15) is 0 Å². The van der Waals surface area contributed by atoms with E-state index in [2.05, 4.69) is 20.0 Å². The van der Waals surface area contributed by atoms with Crippen molar-refractivity contribution in [2.45, 2.75) is 32.0 Å². The van der Waals surface area contributed by atoms with Crippen LogP contribution in [0.3, 0.4) is 0 Å². The fourth-order valence-corrected chi connectivity index (χ4v) is 5.64. The molecule has 0 aliphatic heterocycles. The van der Waals surface area contributed by atoms with Crippen LogP contribution in [0.2, 0.25) is 5.02 Å². The third kappa shape index (κ3) is 7.08. The van der Waals surface area contributed by atoms with Crippen molar-refractivity contribution >= 4 is 42.1 Å². The number of carbonyl (C=O) groups excluding carboxylic acids is 1. The number of hydrogen-bond donors (Lipinski definition) is 2. The Morgan fingerprint density at radius 3 is 2.58 bits per heavy atom. The lowest BCUT2D eigenvalue weighted by Crippen LogP contribution is -2.39. The number of aromatic nitrogens is 4. The molecule has 0 saturated heterocycles. The topological polar surface area (TPSA) is 143 Å². The van der Waals surface area contributed by atoms with Crippen LogP contribution in [-0.4, -0.2) is 51.1 Å². The van der Waals surface area contributed by atoms with Crippen LogP contribution in [0.1, 0.15) is 12.5 Å². The molecule has 3 N–H and O–H groups in total. The lowest BCUT2D eigenvalue weighted by Gasteiger charge is -2.26. The maximum atomic E-state index is 14.1. The van der Waals surface area contributed by atoms with Crippen LogP contribution in [0.15, 0.2) is 67.3 Å². The molecule has 0 radical (unpaired) electrons. The highest BCUT2D eigenvalue weighted by Gasteiger charge is 2.34. The number of halogens is 1. The predicted molar refractivity (Wildman–Crippen MR) is 144 cm³/mol. The number of ether oxygens (including phenoxy) is 2. The summed E-state index contributed by atoms with van der Waals surface area (Å²) in [6.45, 7) is 2.16. The van der Waals surface area contributed by atoms with Crippen LogP contribution in [0.5, 0.6) is 5.75 Å². The Kier molecular flexibility index (Phi) is 8.96. The Labute approximate surface area is 224 Å². The first-order valence-corrected chi connectivity index (χ1v) is 13.9. The van der Waals surface area contributed by atoms with Crippen LogP contribution in [0.4, 0.5) is 5.82 Å². The minimum absolute atomic E-state index is 0.235. The van der Waals surface area contributed by atoms with Gasteiger partial charge in [0.15, 0.2) is 11.5 Å². The van der Waals surface area contributed by atoms with E-state index in [1.807, 2.05) is 37.3 Å². The van der Waals surface area contributed by atoms with Gasteiger partial charge in [0.05, 0.1) is 26.1 Å². The van der Waals surface area contributed by atoms with E-state index in [1.165, 1.54) is 13.4 Å². The number of carbonyl (C=O) groups is 1. The summed E-state index contributed by atoms with van der Waals surface area (Å²) in [6, 6.07) is 14.8. The summed E-state index contributed by atoms with van der Waals surface area (Å²) in [5.74, 6) is 0.00115. The third-order valence-electron chi connectivity index (χ3n) is 5.60. The molecule has 0 aliphatic carbocycles. The Bertz CT molecular complexity index is 1420. The van der Waals surface area contributed by atoms with Crippen LogP contribution >= 0.6 is 19.1 Å². The molecule has 0 amide bonds. The molecule has 11 nitrogen and oxygen atoms in total. The fraction of sp³-hybridized carbons (Fsp3) is 0.280. The molecule has 3 atom stereocenters. The van der Waals surface area contributed by atoms with Crippen molar-refractivity contribution in [3.63, 3.8) is 0 Å². The van der Waals surface area contributed by atoms with Gasteiger partial charge < -0.3 is 24.3 Å². The van der Waals surface area contributed by atoms with Crippen molar-refractivity contribution in [1.29, 1.82) is 0 Å². The Morgan fingerprint density at radius 1 is 1.13 bits per heavy atom. The van der Waals surface area contributed by atoms with Crippen LogP contribution in [-0.2, 0) is 31.8 Å². The van der Waals surface area contributed by atoms with Gasteiger partial charge in [-0.15, -0.1) is 0 Å². The van der Waals surface area contributed by atoms with E-state index in [-0.39, 0.29) is 18.6 Å². The van der Waals surface area contributed by atoms with E-state index < -0.39 is 25.6 Å². The summed E-state index contributed by atoms with van der Waals surface area (Å²) in [5, 5.41) is 3.39. The lowest BCUT2D eigenvalue weighted by atomic mass is 10.1. The molecule has 4 aromatic rings. The van der Waals surface area contributed by atoms with Crippen molar-refractivity contribution < 1.29 is 23.4 Å². The molecule has 2 heterocycles. The molecule has 4 rings (SSSR count). The quantitative estimate of drug-likeness (QED) is 0.193. The van der Waals surface area contributed by atoms with E-state index in [1.54, 1.807) is 35.2 Å². The highest BCUT2D eigenvalue weighted by Crippen LogP contribution is 2.44. The van der Waals surface area contributed by atoms with Gasteiger partial charge in [-0.05, 0) is 43.2 Å². The summed E-state index contributed by atoms with van der Waals surface area (Å²) < 4.78 is 32.7. The highest BCUT2D eigenvalue weighted by molar-refractivity contribution is 7.57. The highest BCUT2D eigenvalue weighted by atomic mass is 35.5. The maximum Gasteiger partial charge on any atom is 0.342 e. The number of anilines is 1. The number of nitrogen functional groups attached to an aromatic ring is 1. The predicted octanol–water partition coefficient (Wildman–Crippen LogP) is 4.07. The number of esters is 1. The number of nitrogens with one attached hydrogen (secondary N) is 1. The summed E-state index contributed by atoms with van der Waals surface area (Å²) in [5.41, 5.74) is 7.77. The molecule has 0 bridgehead atoms. The minimum Gasteiger partial charge on any atom is -0.468 e. The molecule has 0 fully saturated rings. The molecule has 200 valence electrons. The molecule has 2 aromatic carbocycles. The van der Waals surface area contributed by atoms with Gasteiger partial charge in [0.25, 0.3) is 0 Å². The fourth-order valence-electron chi connectivity index (χ4n) is 3.75. The smallest absolute Gasteiger partial charge is 0.342 e. The summed E-state index contributed by atoms with van der Waals surface area (Å²) in [4.78, 5) is 25.1. The maximum absolute atomic E-state index is 14.1. The third-order valence-corrected chi connectivity index (χ3v) is 7.55. The molecule has 0 spiro atoms. The second-order valence-corrected chi connectivity index (χ2v) is 11.0. The number of rotatable bonds is 12. The molecule has 0 aliphatic rings. The second kappa shape index (κ2) is 12.4. The number of nitrogens with zero attached hydrogens (tertiary/aromatic N) is 4. The van der Waals surface area contributed by atoms with Gasteiger partial charge in [0.1, 0.15) is 30.0 Å². The summed E-state index contributed by atoms with van der Waals surface area (Å²) in [6.07, 6.45) is 2.42. The number of fused-ring (bicyclic) bond motifs is 1. The van der Waals surface area contributed by atoms with Gasteiger partial charge in [-0.3, -0.25) is 9.36 Å². The number of nitrogens with two attached hydrogens (primary N) is 1. The van der Waals surface area contributed by atoms with Crippen LogP contribution in [0.25, 0.3) is 11.2 Å². The molecular weight excluding hydrogens is 531 g/mol. The lowest BCUT2D eigenvalue weighted by molar-refractivity contribution is -0.142. The Hall–Kier alpha value is -3.50. The molecule has 1 unspecified atom stereocenters. The van der Waals surface area contributed by atoms with Crippen molar-refractivity contribution in [1.82, 2.24) is 24.6 Å². The number of hydrogen-bond acceptors (Lipinski definition) is 9. The SMILES string of the molecule is COC(=O)[C@H](Cc1ccccc1)NP(=O)(CO[C@H](C)Cn1cnc2c(N)ncnc21)Oc1ccc(Cl)cc1. The van der Waals surface area contributed by atoms with E-state index in [0.29, 0.717) is 28.5 Å². The summed E-state index contributed by atoms with van der Waals surface area (Å²) >= 11 is 5.99. The summed E-state index contributed by atoms with van der Waals surface area (Å²) in [7, 11) is -2.53. The first-order valence-electron chi connectivity index (χ1n) is 11.7. The largest absolute Gasteiger partial charge is 0.468 e. The van der Waals surface area contributed by atoms with Crippen molar-refractivity contribution in [2.24, 2.45) is 0 Å². The zero-order valence-corrected chi connectivity index (χ0v) is 22.5. The normalized spacial score (nSPS) is 14.5. The van der Waals surface area contributed by atoms with Gasteiger partial charge in [0.2, 0.25) is 0 Å². The van der Waals surface area contributed by atoms with Crippen molar-refractivity contribution in [2.75, 3.05) is 19.2 Å². The molecule has 38 heavy (non-hydrogen) atoms. The van der Waals surface area contributed by atoms with Gasteiger partial charge >= 0.3 is 13.5 Å². The first kappa shape index (κ1) is 27.5. The van der Waals surface area contributed by atoms with Gasteiger partial charge in [-0.1, -0.05) is 41.9 Å². The van der Waals surface area contributed by atoms with E-state index in [0.717, 1.165) is 5.56 Å². The second-order valence-electron chi connectivity index (χ2n) is 8.55. The zero-order valence-electron chi connectivity index (χ0n) is 20.9. The average Bonchev–Trinajstić information content (AvgIpc) is 3.32. The molecule has 13 heteroatoms. The minimum atomic E-state index is -3.80. The Morgan fingerprint density at radius 2 is 1.87 bits per heavy atom. The number of benzene rings is 2. The van der Waals surface area contributed by atoms with Gasteiger partial charge in [0, 0.05) is 5.02 Å². The molecular formula is C25H28ClN6O5P.